The van der Waals surface area contributed by atoms with Gasteiger partial charge >= 0.3 is 0 Å². The molecule has 0 saturated carbocycles. The Morgan fingerprint density at radius 3 is 2.58 bits per heavy atom. The van der Waals surface area contributed by atoms with Gasteiger partial charge in [0.1, 0.15) is 0 Å². The fraction of sp³-hybridized carbons (Fsp3) is 1.00. The van der Waals surface area contributed by atoms with Crippen molar-refractivity contribution in [2.24, 2.45) is 0 Å². The zero-order valence-corrected chi connectivity index (χ0v) is 8.52. The Labute approximate surface area is 74.5 Å². The van der Waals surface area contributed by atoms with E-state index in [0.29, 0.717) is 5.75 Å². The number of hydrogen-bond acceptors (Lipinski definition) is 3. The van der Waals surface area contributed by atoms with Crippen LogP contribution < -0.4 is 5.32 Å². The van der Waals surface area contributed by atoms with Crippen LogP contribution in [-0.2, 0) is 9.84 Å². The zero-order chi connectivity index (χ0) is 9.19. The predicted molar refractivity (Wildman–Crippen MR) is 49.9 cm³/mol. The normalized spacial score (nSPS) is 25.1. The zero-order valence-electron chi connectivity index (χ0n) is 7.71. The van der Waals surface area contributed by atoms with Gasteiger partial charge in [-0.05, 0) is 33.2 Å². The fourth-order valence-corrected chi connectivity index (χ4v) is 2.60. The number of rotatable bonds is 3. The Morgan fingerprint density at radius 2 is 2.17 bits per heavy atom. The van der Waals surface area contributed by atoms with E-state index in [-0.39, 0.29) is 11.3 Å². The van der Waals surface area contributed by atoms with Crippen LogP contribution in [0.4, 0.5) is 0 Å². The highest BCUT2D eigenvalue weighted by Gasteiger charge is 2.24. The molecule has 1 heterocycles. The Balaban J connectivity index is 2.49. The lowest BCUT2D eigenvalue weighted by molar-refractivity contribution is 0.569. The highest BCUT2D eigenvalue weighted by Crippen LogP contribution is 2.10. The number of sulfone groups is 1. The highest BCUT2D eigenvalue weighted by atomic mass is 32.2. The van der Waals surface area contributed by atoms with E-state index in [1.807, 2.05) is 0 Å². The summed E-state index contributed by atoms with van der Waals surface area (Å²) in [6, 6.07) is 0.206. The third-order valence-corrected chi connectivity index (χ3v) is 4.62. The van der Waals surface area contributed by atoms with Gasteiger partial charge in [0.05, 0.1) is 11.0 Å². The van der Waals surface area contributed by atoms with E-state index in [9.17, 15) is 8.42 Å². The van der Waals surface area contributed by atoms with Crippen LogP contribution in [0, 0.1) is 0 Å². The van der Waals surface area contributed by atoms with Gasteiger partial charge in [-0.2, -0.15) is 0 Å². The van der Waals surface area contributed by atoms with Crippen LogP contribution in [0.1, 0.15) is 26.7 Å². The Kier molecular flexibility index (Phi) is 3.12. The minimum absolute atomic E-state index is 0.206. The molecular weight excluding hydrogens is 174 g/mol. The van der Waals surface area contributed by atoms with Gasteiger partial charge in [-0.15, -0.1) is 0 Å². The third-order valence-electron chi connectivity index (χ3n) is 2.31. The maximum absolute atomic E-state index is 11.4. The molecule has 0 aromatic heterocycles. The summed E-state index contributed by atoms with van der Waals surface area (Å²) in [5, 5.41) is 2.95. The molecule has 0 aromatic carbocycles. The maximum atomic E-state index is 11.4. The number of hydrogen-bond donors (Lipinski definition) is 1. The molecule has 72 valence electrons. The molecule has 3 nitrogen and oxygen atoms in total. The van der Waals surface area contributed by atoms with Crippen molar-refractivity contribution in [3.05, 3.63) is 0 Å². The SMILES string of the molecule is CC(C)S(=O)(=O)CC1CCCN1. The lowest BCUT2D eigenvalue weighted by Crippen LogP contribution is -2.33. The van der Waals surface area contributed by atoms with E-state index in [2.05, 4.69) is 5.32 Å². The minimum atomic E-state index is -2.84. The molecule has 0 radical (unpaired) electrons. The quantitative estimate of drug-likeness (QED) is 0.709. The van der Waals surface area contributed by atoms with Crippen molar-refractivity contribution in [3.63, 3.8) is 0 Å². The Hall–Kier alpha value is -0.0900. The van der Waals surface area contributed by atoms with Crippen LogP contribution in [0.25, 0.3) is 0 Å². The van der Waals surface area contributed by atoms with Gasteiger partial charge in [0, 0.05) is 6.04 Å². The van der Waals surface area contributed by atoms with Crippen molar-refractivity contribution >= 4 is 9.84 Å². The molecule has 1 N–H and O–H groups in total. The fourth-order valence-electron chi connectivity index (χ4n) is 1.37. The monoisotopic (exact) mass is 191 g/mol. The lowest BCUT2D eigenvalue weighted by Gasteiger charge is -2.12. The first-order valence-corrected chi connectivity index (χ1v) is 6.19. The maximum Gasteiger partial charge on any atom is 0.154 e. The minimum Gasteiger partial charge on any atom is -0.313 e. The first-order chi connectivity index (χ1) is 5.52. The van der Waals surface area contributed by atoms with Crippen LogP contribution in [0.2, 0.25) is 0 Å². The van der Waals surface area contributed by atoms with Crippen LogP contribution in [0.15, 0.2) is 0 Å². The summed E-state index contributed by atoms with van der Waals surface area (Å²) in [5.41, 5.74) is 0. The Bertz CT molecular complexity index is 227. The van der Waals surface area contributed by atoms with Gasteiger partial charge in [0.2, 0.25) is 0 Å². The summed E-state index contributed by atoms with van der Waals surface area (Å²) in [5.74, 6) is 0.310. The van der Waals surface area contributed by atoms with E-state index in [4.69, 9.17) is 0 Å². The summed E-state index contributed by atoms with van der Waals surface area (Å²) in [6.45, 7) is 4.45. The largest absolute Gasteiger partial charge is 0.313 e. The Morgan fingerprint density at radius 1 is 1.50 bits per heavy atom. The van der Waals surface area contributed by atoms with Gasteiger partial charge in [-0.25, -0.2) is 8.42 Å². The average molecular weight is 191 g/mol. The van der Waals surface area contributed by atoms with Crippen molar-refractivity contribution in [3.8, 4) is 0 Å². The molecule has 1 saturated heterocycles. The van der Waals surface area contributed by atoms with Crippen molar-refractivity contribution < 1.29 is 8.42 Å². The first kappa shape index (κ1) is 9.99. The topological polar surface area (TPSA) is 46.2 Å². The summed E-state index contributed by atoms with van der Waals surface area (Å²) < 4.78 is 22.9. The smallest absolute Gasteiger partial charge is 0.154 e. The lowest BCUT2D eigenvalue weighted by atomic mass is 10.3. The molecule has 0 spiro atoms. The van der Waals surface area contributed by atoms with Crippen LogP contribution in [-0.4, -0.2) is 32.0 Å². The van der Waals surface area contributed by atoms with Crippen molar-refractivity contribution in [1.82, 2.24) is 5.32 Å². The van der Waals surface area contributed by atoms with Crippen molar-refractivity contribution in [2.75, 3.05) is 12.3 Å². The second-order valence-corrected chi connectivity index (χ2v) is 6.27. The van der Waals surface area contributed by atoms with Gasteiger partial charge in [0.25, 0.3) is 0 Å². The van der Waals surface area contributed by atoms with E-state index in [1.54, 1.807) is 13.8 Å². The molecule has 0 amide bonds. The second kappa shape index (κ2) is 3.75. The van der Waals surface area contributed by atoms with Crippen LogP contribution >= 0.6 is 0 Å². The molecule has 0 aliphatic carbocycles. The summed E-state index contributed by atoms with van der Waals surface area (Å²) >= 11 is 0. The first-order valence-electron chi connectivity index (χ1n) is 4.47. The molecule has 4 heteroatoms. The molecule has 1 fully saturated rings. The van der Waals surface area contributed by atoms with Gasteiger partial charge in [-0.1, -0.05) is 0 Å². The van der Waals surface area contributed by atoms with E-state index >= 15 is 0 Å². The van der Waals surface area contributed by atoms with Crippen molar-refractivity contribution in [1.29, 1.82) is 0 Å². The molecule has 0 aromatic rings. The van der Waals surface area contributed by atoms with E-state index in [1.165, 1.54) is 0 Å². The molecule has 1 aliphatic heterocycles. The summed E-state index contributed by atoms with van der Waals surface area (Å²) in [7, 11) is -2.84. The second-order valence-electron chi connectivity index (χ2n) is 3.67. The standard InChI is InChI=1S/C8H17NO2S/c1-7(2)12(10,11)6-8-4-3-5-9-8/h7-9H,3-6H2,1-2H3. The molecule has 0 bridgehead atoms. The molecule has 1 aliphatic rings. The van der Waals surface area contributed by atoms with E-state index in [0.717, 1.165) is 19.4 Å². The summed E-state index contributed by atoms with van der Waals surface area (Å²) in [4.78, 5) is 0. The molecular formula is C8H17NO2S. The molecule has 12 heavy (non-hydrogen) atoms. The molecule has 1 unspecified atom stereocenters. The third kappa shape index (κ3) is 2.45. The average Bonchev–Trinajstić information content (AvgIpc) is 2.38. The van der Waals surface area contributed by atoms with Gasteiger partial charge in [0.15, 0.2) is 9.84 Å². The highest BCUT2D eigenvalue weighted by molar-refractivity contribution is 7.92. The van der Waals surface area contributed by atoms with Crippen LogP contribution in [0.3, 0.4) is 0 Å². The molecule has 1 rings (SSSR count). The van der Waals surface area contributed by atoms with Crippen LogP contribution in [0.5, 0.6) is 0 Å². The number of nitrogens with one attached hydrogen (secondary N) is 1. The van der Waals surface area contributed by atoms with Gasteiger partial charge < -0.3 is 5.32 Å². The predicted octanol–water partition coefficient (Wildman–Crippen LogP) is 0.562. The van der Waals surface area contributed by atoms with E-state index < -0.39 is 9.84 Å². The van der Waals surface area contributed by atoms with Gasteiger partial charge in [-0.3, -0.25) is 0 Å². The van der Waals surface area contributed by atoms with Crippen molar-refractivity contribution in [2.45, 2.75) is 38.0 Å². The molecule has 1 atom stereocenters. The summed E-state index contributed by atoms with van der Waals surface area (Å²) in [6.07, 6.45) is 2.12.